The smallest absolute Gasteiger partial charge is 0.140 e. The molecule has 3 heterocycles. The van der Waals surface area contributed by atoms with Crippen LogP contribution < -0.4 is 5.73 Å². The second-order valence-corrected chi connectivity index (χ2v) is 7.08. The molecule has 4 nitrogen and oxygen atoms in total. The quantitative estimate of drug-likeness (QED) is 0.573. The van der Waals surface area contributed by atoms with Crippen LogP contribution in [0.4, 0.5) is 10.2 Å². The van der Waals surface area contributed by atoms with Gasteiger partial charge >= 0.3 is 0 Å². The average Bonchev–Trinajstić information content (AvgIpc) is 3.46. The molecular formula is C22H19FN4. The lowest BCUT2D eigenvalue weighted by Crippen LogP contribution is -2.01. The molecule has 0 radical (unpaired) electrons. The Labute approximate surface area is 156 Å². The van der Waals surface area contributed by atoms with E-state index in [0.29, 0.717) is 23.8 Å². The van der Waals surface area contributed by atoms with Crippen molar-refractivity contribution in [2.45, 2.75) is 25.3 Å². The first-order valence-electron chi connectivity index (χ1n) is 9.15. The molecule has 0 saturated heterocycles. The maximum absolute atomic E-state index is 14.1. The number of hydrogen-bond acceptors (Lipinski definition) is 3. The van der Waals surface area contributed by atoms with Crippen molar-refractivity contribution < 1.29 is 4.39 Å². The number of anilines is 1. The minimum atomic E-state index is -0.215. The SMILES string of the molecule is Nc1nc(-c2cn(Cc3ccccc3F)c3ncccc23)ccc1C1CC1. The van der Waals surface area contributed by atoms with E-state index in [9.17, 15) is 4.39 Å². The summed E-state index contributed by atoms with van der Waals surface area (Å²) >= 11 is 0. The zero-order valence-electron chi connectivity index (χ0n) is 14.8. The number of rotatable bonds is 4. The van der Waals surface area contributed by atoms with Gasteiger partial charge in [-0.1, -0.05) is 24.3 Å². The Hall–Kier alpha value is -3.21. The predicted octanol–water partition coefficient (Wildman–Crippen LogP) is 4.75. The first-order chi connectivity index (χ1) is 13.2. The molecule has 0 unspecified atom stereocenters. The summed E-state index contributed by atoms with van der Waals surface area (Å²) in [7, 11) is 0. The van der Waals surface area contributed by atoms with Gasteiger partial charge in [0.25, 0.3) is 0 Å². The van der Waals surface area contributed by atoms with Gasteiger partial charge in [-0.2, -0.15) is 0 Å². The highest BCUT2D eigenvalue weighted by atomic mass is 19.1. The van der Waals surface area contributed by atoms with Crippen LogP contribution in [0.1, 0.15) is 29.9 Å². The number of fused-ring (bicyclic) bond motifs is 1. The Balaban J connectivity index is 1.61. The Morgan fingerprint density at radius 1 is 1.07 bits per heavy atom. The molecule has 1 aromatic carbocycles. The highest BCUT2D eigenvalue weighted by molar-refractivity contribution is 5.93. The number of hydrogen-bond donors (Lipinski definition) is 1. The van der Waals surface area contributed by atoms with E-state index in [1.165, 1.54) is 18.9 Å². The lowest BCUT2D eigenvalue weighted by molar-refractivity contribution is 0.601. The van der Waals surface area contributed by atoms with Gasteiger partial charge in [0.1, 0.15) is 17.3 Å². The van der Waals surface area contributed by atoms with E-state index in [0.717, 1.165) is 27.9 Å². The zero-order valence-corrected chi connectivity index (χ0v) is 14.8. The van der Waals surface area contributed by atoms with Crippen LogP contribution in [0, 0.1) is 5.82 Å². The van der Waals surface area contributed by atoms with E-state index in [4.69, 9.17) is 5.73 Å². The summed E-state index contributed by atoms with van der Waals surface area (Å²) in [5, 5.41) is 0.986. The number of nitrogen functional groups attached to an aromatic ring is 1. The van der Waals surface area contributed by atoms with E-state index in [-0.39, 0.29) is 5.82 Å². The maximum atomic E-state index is 14.1. The van der Waals surface area contributed by atoms with Crippen molar-refractivity contribution in [3.8, 4) is 11.3 Å². The third-order valence-corrected chi connectivity index (χ3v) is 5.18. The summed E-state index contributed by atoms with van der Waals surface area (Å²) in [4.78, 5) is 9.17. The van der Waals surface area contributed by atoms with Gasteiger partial charge in [0.15, 0.2) is 0 Å². The minimum Gasteiger partial charge on any atom is -0.383 e. The van der Waals surface area contributed by atoms with Crippen molar-refractivity contribution >= 4 is 16.9 Å². The number of halogens is 1. The number of nitrogens with zero attached hydrogens (tertiary/aromatic N) is 3. The van der Waals surface area contributed by atoms with Gasteiger partial charge in [0.2, 0.25) is 0 Å². The van der Waals surface area contributed by atoms with Gasteiger partial charge in [0.05, 0.1) is 12.2 Å². The lowest BCUT2D eigenvalue weighted by Gasteiger charge is -2.06. The van der Waals surface area contributed by atoms with Crippen LogP contribution >= 0.6 is 0 Å². The van der Waals surface area contributed by atoms with Crippen molar-refractivity contribution in [3.05, 3.63) is 77.9 Å². The average molecular weight is 358 g/mol. The largest absolute Gasteiger partial charge is 0.383 e. The zero-order chi connectivity index (χ0) is 18.4. The lowest BCUT2D eigenvalue weighted by atomic mass is 10.1. The van der Waals surface area contributed by atoms with Crippen LogP contribution in [0.2, 0.25) is 0 Å². The third-order valence-electron chi connectivity index (χ3n) is 5.18. The van der Waals surface area contributed by atoms with E-state index < -0.39 is 0 Å². The highest BCUT2D eigenvalue weighted by Gasteiger charge is 2.26. The molecule has 134 valence electrons. The van der Waals surface area contributed by atoms with Crippen molar-refractivity contribution in [1.29, 1.82) is 0 Å². The van der Waals surface area contributed by atoms with Crippen LogP contribution in [-0.2, 0) is 6.54 Å². The first kappa shape index (κ1) is 16.0. The van der Waals surface area contributed by atoms with Crippen LogP contribution in [0.3, 0.4) is 0 Å². The number of pyridine rings is 2. The molecule has 2 N–H and O–H groups in total. The summed E-state index contributed by atoms with van der Waals surface area (Å²) in [5.41, 5.74) is 10.6. The maximum Gasteiger partial charge on any atom is 0.140 e. The Kier molecular flexibility index (Phi) is 3.67. The van der Waals surface area contributed by atoms with Crippen LogP contribution in [0.15, 0.2) is 60.9 Å². The third kappa shape index (κ3) is 2.85. The van der Waals surface area contributed by atoms with Gasteiger partial charge in [-0.15, -0.1) is 0 Å². The first-order valence-corrected chi connectivity index (χ1v) is 9.15. The second kappa shape index (κ2) is 6.20. The molecule has 1 aliphatic rings. The Bertz CT molecular complexity index is 1140. The predicted molar refractivity (Wildman–Crippen MR) is 105 cm³/mol. The molecule has 0 atom stereocenters. The van der Waals surface area contributed by atoms with Gasteiger partial charge in [-0.05, 0) is 48.6 Å². The summed E-state index contributed by atoms with van der Waals surface area (Å²) in [6.07, 6.45) is 6.12. The van der Waals surface area contributed by atoms with E-state index in [2.05, 4.69) is 16.0 Å². The topological polar surface area (TPSA) is 56.7 Å². The normalized spacial score (nSPS) is 14.0. The van der Waals surface area contributed by atoms with Gasteiger partial charge in [-0.25, -0.2) is 14.4 Å². The molecule has 1 aliphatic carbocycles. The Morgan fingerprint density at radius 2 is 1.93 bits per heavy atom. The molecule has 0 bridgehead atoms. The molecule has 5 rings (SSSR count). The van der Waals surface area contributed by atoms with Gasteiger partial charge < -0.3 is 10.3 Å². The summed E-state index contributed by atoms with van der Waals surface area (Å²) in [6, 6.07) is 14.9. The molecule has 4 aromatic rings. The number of benzene rings is 1. The molecule has 1 fully saturated rings. The fraction of sp³-hybridized carbons (Fsp3) is 0.182. The Morgan fingerprint density at radius 3 is 2.70 bits per heavy atom. The minimum absolute atomic E-state index is 0.215. The highest BCUT2D eigenvalue weighted by Crippen LogP contribution is 2.43. The summed E-state index contributed by atoms with van der Waals surface area (Å²) in [5.74, 6) is 0.956. The second-order valence-electron chi connectivity index (χ2n) is 7.08. The fourth-order valence-corrected chi connectivity index (χ4v) is 3.63. The monoisotopic (exact) mass is 358 g/mol. The van der Waals surface area contributed by atoms with Crippen molar-refractivity contribution in [1.82, 2.24) is 14.5 Å². The van der Waals surface area contributed by atoms with E-state index >= 15 is 0 Å². The van der Waals surface area contributed by atoms with Crippen LogP contribution in [0.5, 0.6) is 0 Å². The number of aromatic nitrogens is 3. The summed E-state index contributed by atoms with van der Waals surface area (Å²) in [6.45, 7) is 0.413. The van der Waals surface area contributed by atoms with Crippen molar-refractivity contribution in [2.24, 2.45) is 0 Å². The molecule has 0 spiro atoms. The van der Waals surface area contributed by atoms with Crippen molar-refractivity contribution in [3.63, 3.8) is 0 Å². The molecule has 3 aromatic heterocycles. The van der Waals surface area contributed by atoms with E-state index in [1.54, 1.807) is 18.3 Å². The molecular weight excluding hydrogens is 339 g/mol. The molecule has 0 aliphatic heterocycles. The summed E-state index contributed by atoms with van der Waals surface area (Å²) < 4.78 is 16.1. The standard InChI is InChI=1S/C22H19FN4/c23-19-6-2-1-4-15(19)12-27-13-18(17-5-3-11-25-22(17)27)20-10-9-16(14-7-8-14)21(24)26-20/h1-6,9-11,13-14H,7-8,12H2,(H2,24,26). The molecule has 5 heteroatoms. The molecule has 0 amide bonds. The van der Waals surface area contributed by atoms with Crippen LogP contribution in [-0.4, -0.2) is 14.5 Å². The van der Waals surface area contributed by atoms with Crippen LogP contribution in [0.25, 0.3) is 22.3 Å². The van der Waals surface area contributed by atoms with Gasteiger partial charge in [0, 0.05) is 28.9 Å². The van der Waals surface area contributed by atoms with Gasteiger partial charge in [-0.3, -0.25) is 0 Å². The fourth-order valence-electron chi connectivity index (χ4n) is 3.63. The van der Waals surface area contributed by atoms with Crippen molar-refractivity contribution in [2.75, 3.05) is 5.73 Å². The van der Waals surface area contributed by atoms with E-state index in [1.807, 2.05) is 35.0 Å². The molecule has 27 heavy (non-hydrogen) atoms. The number of nitrogens with two attached hydrogens (primary N) is 1. The molecule has 1 saturated carbocycles.